The van der Waals surface area contributed by atoms with Gasteiger partial charge in [0.1, 0.15) is 0 Å². The number of benzene rings is 2. The summed E-state index contributed by atoms with van der Waals surface area (Å²) in [6.45, 7) is 0.578. The van der Waals surface area contributed by atoms with E-state index in [2.05, 4.69) is 37.6 Å². The van der Waals surface area contributed by atoms with Crippen molar-refractivity contribution in [3.8, 4) is 0 Å². The maximum atomic E-state index is 12.1. The zero-order valence-corrected chi connectivity index (χ0v) is 14.0. The SMILES string of the molecule is O=C(NCCc1cccc(Br)c1)Nc1cccc2cnccc12. The minimum atomic E-state index is -0.204. The van der Waals surface area contributed by atoms with Crippen molar-refractivity contribution in [3.63, 3.8) is 0 Å². The van der Waals surface area contributed by atoms with Crippen LogP contribution < -0.4 is 10.6 Å². The van der Waals surface area contributed by atoms with Crippen molar-refractivity contribution >= 4 is 38.4 Å². The molecule has 3 rings (SSSR count). The number of hydrogen-bond acceptors (Lipinski definition) is 2. The quantitative estimate of drug-likeness (QED) is 0.717. The smallest absolute Gasteiger partial charge is 0.319 e. The third-order valence-corrected chi connectivity index (χ3v) is 4.01. The summed E-state index contributed by atoms with van der Waals surface area (Å²) in [5.74, 6) is 0. The van der Waals surface area contributed by atoms with Gasteiger partial charge in [0.25, 0.3) is 0 Å². The molecule has 4 nitrogen and oxygen atoms in total. The molecular weight excluding hydrogens is 354 g/mol. The average molecular weight is 370 g/mol. The van der Waals surface area contributed by atoms with Crippen LogP contribution in [0.4, 0.5) is 10.5 Å². The van der Waals surface area contributed by atoms with E-state index in [1.54, 1.807) is 12.4 Å². The Labute approximate surface area is 143 Å². The standard InChI is InChI=1S/C18H16BrN3O/c19-15-5-1-3-13(11-15)7-10-21-18(23)22-17-6-2-4-14-12-20-9-8-16(14)17/h1-6,8-9,11-12H,7,10H2,(H2,21,22,23). The van der Waals surface area contributed by atoms with Crippen LogP contribution in [0.3, 0.4) is 0 Å². The van der Waals surface area contributed by atoms with Crippen molar-refractivity contribution < 1.29 is 4.79 Å². The van der Waals surface area contributed by atoms with Gasteiger partial charge in [-0.3, -0.25) is 4.98 Å². The summed E-state index contributed by atoms with van der Waals surface area (Å²) in [6, 6.07) is 15.5. The van der Waals surface area contributed by atoms with Crippen molar-refractivity contribution in [1.82, 2.24) is 10.3 Å². The lowest BCUT2D eigenvalue weighted by atomic mass is 10.1. The van der Waals surface area contributed by atoms with Crippen molar-refractivity contribution in [2.24, 2.45) is 0 Å². The highest BCUT2D eigenvalue weighted by atomic mass is 79.9. The summed E-state index contributed by atoms with van der Waals surface area (Å²) < 4.78 is 1.05. The van der Waals surface area contributed by atoms with E-state index in [0.717, 1.165) is 27.4 Å². The van der Waals surface area contributed by atoms with E-state index in [1.807, 2.05) is 42.5 Å². The summed E-state index contributed by atoms with van der Waals surface area (Å²) >= 11 is 3.45. The molecule has 0 aliphatic heterocycles. The Hall–Kier alpha value is -2.40. The molecule has 0 bridgehead atoms. The molecule has 1 heterocycles. The number of pyridine rings is 1. The zero-order valence-electron chi connectivity index (χ0n) is 12.4. The number of nitrogens with zero attached hydrogens (tertiary/aromatic N) is 1. The second-order valence-corrected chi connectivity index (χ2v) is 6.08. The number of hydrogen-bond donors (Lipinski definition) is 2. The largest absolute Gasteiger partial charge is 0.338 e. The highest BCUT2D eigenvalue weighted by Gasteiger charge is 2.05. The molecule has 116 valence electrons. The van der Waals surface area contributed by atoms with Crippen LogP contribution in [0, 0.1) is 0 Å². The molecule has 2 N–H and O–H groups in total. The molecule has 0 aliphatic rings. The number of amides is 2. The topological polar surface area (TPSA) is 54.0 Å². The van der Waals surface area contributed by atoms with Crippen LogP contribution >= 0.6 is 15.9 Å². The molecule has 0 unspecified atom stereocenters. The Kier molecular flexibility index (Phi) is 4.88. The fourth-order valence-electron chi connectivity index (χ4n) is 2.41. The summed E-state index contributed by atoms with van der Waals surface area (Å²) in [7, 11) is 0. The molecule has 0 saturated heterocycles. The molecule has 0 aliphatic carbocycles. The van der Waals surface area contributed by atoms with E-state index >= 15 is 0 Å². The van der Waals surface area contributed by atoms with E-state index in [0.29, 0.717) is 6.54 Å². The van der Waals surface area contributed by atoms with Crippen molar-refractivity contribution in [1.29, 1.82) is 0 Å². The van der Waals surface area contributed by atoms with Gasteiger partial charge in [-0.05, 0) is 36.2 Å². The van der Waals surface area contributed by atoms with Crippen LogP contribution in [-0.2, 0) is 6.42 Å². The number of fused-ring (bicyclic) bond motifs is 1. The average Bonchev–Trinajstić information content (AvgIpc) is 2.55. The predicted octanol–water partition coefficient (Wildman–Crippen LogP) is 4.36. The van der Waals surface area contributed by atoms with Gasteiger partial charge in [0.05, 0.1) is 5.69 Å². The summed E-state index contributed by atoms with van der Waals surface area (Å²) in [6.07, 6.45) is 4.29. The van der Waals surface area contributed by atoms with Crippen LogP contribution in [0.15, 0.2) is 65.4 Å². The molecule has 3 aromatic rings. The normalized spacial score (nSPS) is 10.5. The maximum Gasteiger partial charge on any atom is 0.319 e. The van der Waals surface area contributed by atoms with Gasteiger partial charge in [-0.25, -0.2) is 4.79 Å². The van der Waals surface area contributed by atoms with Crippen molar-refractivity contribution in [3.05, 3.63) is 71.0 Å². The van der Waals surface area contributed by atoms with E-state index < -0.39 is 0 Å². The lowest BCUT2D eigenvalue weighted by molar-refractivity contribution is 0.252. The minimum Gasteiger partial charge on any atom is -0.338 e. The van der Waals surface area contributed by atoms with E-state index in [-0.39, 0.29) is 6.03 Å². The summed E-state index contributed by atoms with van der Waals surface area (Å²) in [4.78, 5) is 16.2. The first-order chi connectivity index (χ1) is 11.2. The number of anilines is 1. The second kappa shape index (κ2) is 7.24. The van der Waals surface area contributed by atoms with Crippen LogP contribution in [-0.4, -0.2) is 17.6 Å². The van der Waals surface area contributed by atoms with Gasteiger partial charge in [-0.2, -0.15) is 0 Å². The van der Waals surface area contributed by atoms with Gasteiger partial charge in [-0.15, -0.1) is 0 Å². The Balaban J connectivity index is 1.59. The molecule has 0 spiro atoms. The highest BCUT2D eigenvalue weighted by Crippen LogP contribution is 2.21. The number of carbonyl (C=O) groups excluding carboxylic acids is 1. The molecule has 0 radical (unpaired) electrons. The Morgan fingerprint density at radius 3 is 2.87 bits per heavy atom. The zero-order chi connectivity index (χ0) is 16.1. The number of aromatic nitrogens is 1. The van der Waals surface area contributed by atoms with Gasteiger partial charge in [0.2, 0.25) is 0 Å². The lowest BCUT2D eigenvalue weighted by Gasteiger charge is -2.10. The Morgan fingerprint density at radius 1 is 1.13 bits per heavy atom. The van der Waals surface area contributed by atoms with E-state index in [1.165, 1.54) is 5.56 Å². The molecule has 0 saturated carbocycles. The molecule has 2 aromatic carbocycles. The van der Waals surface area contributed by atoms with Gasteiger partial charge >= 0.3 is 6.03 Å². The number of halogens is 1. The first kappa shape index (κ1) is 15.5. The van der Waals surface area contributed by atoms with Gasteiger partial charge in [0.15, 0.2) is 0 Å². The molecular formula is C18H16BrN3O. The third kappa shape index (κ3) is 4.07. The Bertz CT molecular complexity index is 830. The monoisotopic (exact) mass is 369 g/mol. The van der Waals surface area contributed by atoms with E-state index in [9.17, 15) is 4.79 Å². The predicted molar refractivity (Wildman–Crippen MR) is 96.6 cm³/mol. The molecule has 2 amide bonds. The van der Waals surface area contributed by atoms with Gasteiger partial charge < -0.3 is 10.6 Å². The van der Waals surface area contributed by atoms with E-state index in [4.69, 9.17) is 0 Å². The number of nitrogens with one attached hydrogen (secondary N) is 2. The molecule has 0 atom stereocenters. The van der Waals surface area contributed by atoms with Crippen LogP contribution in [0.25, 0.3) is 10.8 Å². The minimum absolute atomic E-state index is 0.204. The third-order valence-electron chi connectivity index (χ3n) is 3.52. The summed E-state index contributed by atoms with van der Waals surface area (Å²) in [5, 5.41) is 7.75. The molecule has 23 heavy (non-hydrogen) atoms. The number of rotatable bonds is 4. The van der Waals surface area contributed by atoms with Crippen LogP contribution in [0.1, 0.15) is 5.56 Å². The van der Waals surface area contributed by atoms with Crippen molar-refractivity contribution in [2.45, 2.75) is 6.42 Å². The fraction of sp³-hybridized carbons (Fsp3) is 0.111. The second-order valence-electron chi connectivity index (χ2n) is 5.16. The van der Waals surface area contributed by atoms with Crippen molar-refractivity contribution in [2.75, 3.05) is 11.9 Å². The van der Waals surface area contributed by atoms with Crippen LogP contribution in [0.2, 0.25) is 0 Å². The van der Waals surface area contributed by atoms with Gasteiger partial charge in [0, 0.05) is 34.2 Å². The number of urea groups is 1. The summed E-state index contributed by atoms with van der Waals surface area (Å²) in [5.41, 5.74) is 1.96. The van der Waals surface area contributed by atoms with Crippen LogP contribution in [0.5, 0.6) is 0 Å². The first-order valence-electron chi connectivity index (χ1n) is 7.34. The van der Waals surface area contributed by atoms with Gasteiger partial charge in [-0.1, -0.05) is 40.2 Å². The molecule has 5 heteroatoms. The lowest BCUT2D eigenvalue weighted by Crippen LogP contribution is -2.30. The Morgan fingerprint density at radius 2 is 2.00 bits per heavy atom. The number of carbonyl (C=O) groups is 1. The maximum absolute atomic E-state index is 12.1. The fourth-order valence-corrected chi connectivity index (χ4v) is 2.86. The molecule has 0 fully saturated rings. The highest BCUT2D eigenvalue weighted by molar-refractivity contribution is 9.10. The first-order valence-corrected chi connectivity index (χ1v) is 8.14. The molecule has 1 aromatic heterocycles.